The van der Waals surface area contributed by atoms with Crippen LogP contribution in [0.15, 0.2) is 111 Å². The van der Waals surface area contributed by atoms with Crippen LogP contribution < -0.4 is 14.2 Å². The van der Waals surface area contributed by atoms with Crippen LogP contribution in [0, 0.1) is 11.6 Å². The molecule has 314 valence electrons. The largest absolute Gasteiger partial charge is 0.744 e. The molecule has 0 fully saturated rings. The van der Waals surface area contributed by atoms with Crippen LogP contribution in [0.25, 0.3) is 0 Å². The first-order chi connectivity index (χ1) is 26.8. The maximum atomic E-state index is 12.8. The molecule has 0 N–H and O–H groups in total. The number of ether oxygens (including phenoxy) is 6. The summed E-state index contributed by atoms with van der Waals surface area (Å²) in [5.41, 5.74) is -2.14. The SMILES string of the molecule is CC(C)(C)OC(=O)COc1cc(OCC(=O)OC(C)(C)C)c([S+](c2ccccc2)c2ccccc2)c(OCC(=O)OC(C)(C)C)c1.O=S(=O)([O-])c1ccc(F)cc1F. The van der Waals surface area contributed by atoms with Crippen LogP contribution >= 0.6 is 0 Å². The molecule has 4 aromatic rings. The summed E-state index contributed by atoms with van der Waals surface area (Å²) >= 11 is 0. The van der Waals surface area contributed by atoms with Crippen molar-refractivity contribution in [2.45, 2.75) is 98.7 Å². The molecule has 58 heavy (non-hydrogen) atoms. The second kappa shape index (κ2) is 20.0. The minimum Gasteiger partial charge on any atom is -0.744 e. The fourth-order valence-electron chi connectivity index (χ4n) is 4.74. The molecule has 0 aliphatic rings. The van der Waals surface area contributed by atoms with Crippen LogP contribution in [0.2, 0.25) is 0 Å². The van der Waals surface area contributed by atoms with Gasteiger partial charge in [0, 0.05) is 18.2 Å². The van der Waals surface area contributed by atoms with Gasteiger partial charge in [0.15, 0.2) is 41.1 Å². The van der Waals surface area contributed by atoms with Gasteiger partial charge >= 0.3 is 17.9 Å². The van der Waals surface area contributed by atoms with Gasteiger partial charge in [-0.25, -0.2) is 31.6 Å². The summed E-state index contributed by atoms with van der Waals surface area (Å²) in [4.78, 5) is 39.5. The van der Waals surface area contributed by atoms with E-state index in [1.807, 2.05) is 60.7 Å². The van der Waals surface area contributed by atoms with E-state index in [1.165, 1.54) is 0 Å². The summed E-state index contributed by atoms with van der Waals surface area (Å²) in [6.07, 6.45) is 0. The molecule has 4 rings (SSSR count). The van der Waals surface area contributed by atoms with Crippen LogP contribution in [0.5, 0.6) is 17.2 Å². The third-order valence-electron chi connectivity index (χ3n) is 6.63. The molecule has 12 nitrogen and oxygen atoms in total. The van der Waals surface area contributed by atoms with Crippen molar-refractivity contribution in [3.8, 4) is 17.2 Å². The second-order valence-electron chi connectivity index (χ2n) is 15.3. The Kier molecular flexibility index (Phi) is 16.3. The van der Waals surface area contributed by atoms with Crippen LogP contribution in [-0.4, -0.2) is 67.5 Å². The summed E-state index contributed by atoms with van der Waals surface area (Å²) in [5, 5.41) is 0. The van der Waals surface area contributed by atoms with E-state index < -0.39 is 92.1 Å². The summed E-state index contributed by atoms with van der Waals surface area (Å²) in [5.74, 6) is -3.31. The summed E-state index contributed by atoms with van der Waals surface area (Å²) in [6, 6.07) is 24.3. The monoisotopic (exact) mass is 846 g/mol. The Labute approximate surface area is 340 Å². The van der Waals surface area contributed by atoms with E-state index >= 15 is 0 Å². The zero-order valence-electron chi connectivity index (χ0n) is 33.8. The van der Waals surface area contributed by atoms with E-state index in [0.717, 1.165) is 9.79 Å². The number of hydrogen-bond donors (Lipinski definition) is 0. The zero-order valence-corrected chi connectivity index (χ0v) is 35.4. The van der Waals surface area contributed by atoms with Gasteiger partial charge in [-0.3, -0.25) is 0 Å². The Hall–Kier alpha value is -5.19. The average Bonchev–Trinajstić information content (AvgIpc) is 3.08. The lowest BCUT2D eigenvalue weighted by Crippen LogP contribution is -2.28. The number of benzene rings is 4. The van der Waals surface area contributed by atoms with Gasteiger partial charge < -0.3 is 33.0 Å². The molecule has 0 atom stereocenters. The third kappa shape index (κ3) is 16.3. The van der Waals surface area contributed by atoms with Crippen molar-refractivity contribution in [1.29, 1.82) is 0 Å². The van der Waals surface area contributed by atoms with Gasteiger partial charge in [0.05, 0.1) is 4.90 Å². The quantitative estimate of drug-likeness (QED) is 0.0556. The Morgan fingerprint density at radius 3 is 1.31 bits per heavy atom. The molecule has 0 unspecified atom stereocenters. The summed E-state index contributed by atoms with van der Waals surface area (Å²) < 4.78 is 90.0. The van der Waals surface area contributed by atoms with E-state index in [4.69, 9.17) is 28.4 Å². The molecule has 0 aliphatic heterocycles. The Bertz CT molecular complexity index is 2030. The molecule has 4 aromatic carbocycles. The molecule has 0 heterocycles. The molecule has 0 radical (unpaired) electrons. The van der Waals surface area contributed by atoms with E-state index in [9.17, 15) is 36.1 Å². The number of hydrogen-bond acceptors (Lipinski definition) is 12. The predicted octanol–water partition coefficient (Wildman–Crippen LogP) is 7.81. The fourth-order valence-corrected chi connectivity index (χ4v) is 7.52. The van der Waals surface area contributed by atoms with E-state index in [0.29, 0.717) is 23.1 Å². The molecular formula is C42H48F2O12S2. The first-order valence-electron chi connectivity index (χ1n) is 17.8. The highest BCUT2D eigenvalue weighted by Gasteiger charge is 2.38. The summed E-state index contributed by atoms with van der Waals surface area (Å²) in [7, 11) is -5.68. The highest BCUT2D eigenvalue weighted by atomic mass is 32.2. The van der Waals surface area contributed by atoms with Crippen LogP contribution in [-0.2, 0) is 49.6 Å². The van der Waals surface area contributed by atoms with Gasteiger partial charge in [-0.05, 0) is 98.7 Å². The van der Waals surface area contributed by atoms with Gasteiger partial charge in [-0.15, -0.1) is 0 Å². The van der Waals surface area contributed by atoms with Crippen molar-refractivity contribution >= 4 is 38.9 Å². The predicted molar refractivity (Wildman–Crippen MR) is 210 cm³/mol. The number of carbonyl (C=O) groups is 3. The normalized spacial score (nSPS) is 11.8. The lowest BCUT2D eigenvalue weighted by atomic mass is 10.2. The first-order valence-corrected chi connectivity index (χ1v) is 20.4. The maximum Gasteiger partial charge on any atom is 0.344 e. The van der Waals surface area contributed by atoms with Crippen molar-refractivity contribution in [2.75, 3.05) is 19.8 Å². The second-order valence-corrected chi connectivity index (χ2v) is 18.6. The van der Waals surface area contributed by atoms with Crippen molar-refractivity contribution in [1.82, 2.24) is 0 Å². The zero-order chi connectivity index (χ0) is 43.5. The van der Waals surface area contributed by atoms with Gasteiger partial charge in [0.1, 0.15) is 55.2 Å². The lowest BCUT2D eigenvalue weighted by molar-refractivity contribution is -0.158. The Morgan fingerprint density at radius 2 is 0.966 bits per heavy atom. The van der Waals surface area contributed by atoms with Gasteiger partial charge in [0.2, 0.25) is 4.90 Å². The highest BCUT2D eigenvalue weighted by Crippen LogP contribution is 2.45. The first kappa shape index (κ1) is 47.2. The molecule has 0 saturated carbocycles. The van der Waals surface area contributed by atoms with Crippen LogP contribution in [0.1, 0.15) is 62.3 Å². The summed E-state index contributed by atoms with van der Waals surface area (Å²) in [6.45, 7) is 14.7. The number of halogens is 2. The van der Waals surface area contributed by atoms with Gasteiger partial charge in [0.25, 0.3) is 0 Å². The lowest BCUT2D eigenvalue weighted by Gasteiger charge is -2.22. The molecule has 0 spiro atoms. The molecule has 0 amide bonds. The van der Waals surface area contributed by atoms with Crippen molar-refractivity contribution in [2.24, 2.45) is 0 Å². The van der Waals surface area contributed by atoms with E-state index in [1.54, 1.807) is 74.4 Å². The van der Waals surface area contributed by atoms with Crippen molar-refractivity contribution < 1.29 is 64.6 Å². The molecule has 0 bridgehead atoms. The Morgan fingerprint density at radius 1 is 0.586 bits per heavy atom. The average molecular weight is 847 g/mol. The molecular weight excluding hydrogens is 799 g/mol. The molecule has 0 saturated heterocycles. The van der Waals surface area contributed by atoms with E-state index in [-0.39, 0.29) is 17.2 Å². The van der Waals surface area contributed by atoms with Crippen LogP contribution in [0.3, 0.4) is 0 Å². The highest BCUT2D eigenvalue weighted by molar-refractivity contribution is 7.97. The minimum atomic E-state index is -4.84. The topological polar surface area (TPSA) is 164 Å². The number of rotatable bonds is 13. The van der Waals surface area contributed by atoms with Crippen LogP contribution in [0.4, 0.5) is 8.78 Å². The number of carbonyl (C=O) groups excluding carboxylic acids is 3. The van der Waals surface area contributed by atoms with Gasteiger partial charge in [-0.1, -0.05) is 36.4 Å². The fraction of sp³-hybridized carbons (Fsp3) is 0.357. The molecule has 16 heteroatoms. The minimum absolute atomic E-state index is 0.206. The van der Waals surface area contributed by atoms with Gasteiger partial charge in [-0.2, -0.15) is 0 Å². The standard InChI is InChI=1S/C36H45O9S.C6H4F2O3S/c1-34(2,3)43-30(37)22-40-25-20-28(41-23-31(38)44-35(4,5)6)33(29(21-25)42-24-32(39)45-36(7,8)9)46(26-16-12-10-13-17-26)27-18-14-11-15-19-27;7-4-1-2-6(5(8)3-4)12(9,10)11/h10-21H,22-24H2,1-9H3;1-3H,(H,9,10,11)/q+1;/p-1. The van der Waals surface area contributed by atoms with E-state index in [2.05, 4.69) is 0 Å². The number of esters is 3. The molecule has 0 aliphatic carbocycles. The maximum absolute atomic E-state index is 12.8. The van der Waals surface area contributed by atoms with Crippen molar-refractivity contribution in [3.05, 3.63) is 103 Å². The smallest absolute Gasteiger partial charge is 0.344 e. The third-order valence-corrected chi connectivity index (χ3v) is 9.79. The van der Waals surface area contributed by atoms with Crippen molar-refractivity contribution in [3.63, 3.8) is 0 Å². The Balaban J connectivity index is 0.000000639. The molecule has 0 aromatic heterocycles.